The van der Waals surface area contributed by atoms with Gasteiger partial charge in [-0.05, 0) is 71.0 Å². The molecule has 3 aromatic carbocycles. The first kappa shape index (κ1) is 16.5. The van der Waals surface area contributed by atoms with Gasteiger partial charge in [0.1, 0.15) is 5.82 Å². The second-order valence-corrected chi connectivity index (χ2v) is 6.83. The van der Waals surface area contributed by atoms with Crippen LogP contribution in [0.2, 0.25) is 0 Å². The minimum Gasteiger partial charge on any atom is -0.207 e. The molecule has 0 heterocycles. The quantitative estimate of drug-likeness (QED) is 0.471. The van der Waals surface area contributed by atoms with Crippen LogP contribution in [0, 0.1) is 5.82 Å². The molecule has 0 atom stereocenters. The van der Waals surface area contributed by atoms with Crippen molar-refractivity contribution in [1.82, 2.24) is 0 Å². The van der Waals surface area contributed by atoms with Crippen molar-refractivity contribution in [1.29, 1.82) is 0 Å². The predicted octanol–water partition coefficient (Wildman–Crippen LogP) is 7.19. The summed E-state index contributed by atoms with van der Waals surface area (Å²) in [7, 11) is 0. The summed E-state index contributed by atoms with van der Waals surface area (Å²) < 4.78 is 13.1. The van der Waals surface area contributed by atoms with Crippen molar-refractivity contribution < 1.29 is 4.39 Å². The Balaban J connectivity index is 1.48. The molecule has 26 heavy (non-hydrogen) atoms. The van der Waals surface area contributed by atoms with Gasteiger partial charge in [0.25, 0.3) is 0 Å². The molecule has 0 radical (unpaired) electrons. The van der Waals surface area contributed by atoms with Crippen LogP contribution >= 0.6 is 0 Å². The van der Waals surface area contributed by atoms with Crippen LogP contribution in [-0.2, 0) is 0 Å². The van der Waals surface area contributed by atoms with E-state index in [2.05, 4.69) is 67.6 Å². The maximum atomic E-state index is 13.1. The molecular formula is C25H21F. The molecule has 0 saturated heterocycles. The third-order valence-electron chi connectivity index (χ3n) is 5.00. The molecule has 128 valence electrons. The molecule has 0 N–H and O–H groups in total. The van der Waals surface area contributed by atoms with E-state index in [9.17, 15) is 4.39 Å². The van der Waals surface area contributed by atoms with Crippen LogP contribution < -0.4 is 0 Å². The monoisotopic (exact) mass is 340 g/mol. The molecule has 4 rings (SSSR count). The Bertz CT molecular complexity index is 1030. The Hall–Kier alpha value is -2.93. The highest BCUT2D eigenvalue weighted by Gasteiger charge is 2.08. The van der Waals surface area contributed by atoms with Gasteiger partial charge in [0.15, 0.2) is 0 Å². The average Bonchev–Trinajstić information content (AvgIpc) is 3.15. The number of rotatable bonds is 4. The lowest BCUT2D eigenvalue weighted by atomic mass is 10.0. The summed E-state index contributed by atoms with van der Waals surface area (Å²) in [6.07, 6.45) is 8.67. The van der Waals surface area contributed by atoms with Gasteiger partial charge in [-0.1, -0.05) is 72.3 Å². The van der Waals surface area contributed by atoms with E-state index in [1.807, 2.05) is 12.1 Å². The maximum Gasteiger partial charge on any atom is 0.123 e. The van der Waals surface area contributed by atoms with Gasteiger partial charge in [-0.2, -0.15) is 0 Å². The SMILES string of the molecule is C/C(=C/CC1=CC(c2ccc(F)cc2)=CC1)c1ccc2ccccc2c1. The third-order valence-corrected chi connectivity index (χ3v) is 5.00. The fraction of sp³-hybridized carbons (Fsp3) is 0.120. The number of allylic oxidation sites excluding steroid dienone is 6. The van der Waals surface area contributed by atoms with Gasteiger partial charge in [-0.15, -0.1) is 0 Å². The Kier molecular flexibility index (Phi) is 4.53. The van der Waals surface area contributed by atoms with Crippen LogP contribution in [0.25, 0.3) is 21.9 Å². The zero-order chi connectivity index (χ0) is 17.9. The molecule has 0 spiro atoms. The zero-order valence-corrected chi connectivity index (χ0v) is 14.9. The van der Waals surface area contributed by atoms with E-state index in [0.29, 0.717) is 0 Å². The van der Waals surface area contributed by atoms with Crippen LogP contribution in [-0.4, -0.2) is 0 Å². The molecule has 1 aliphatic rings. The van der Waals surface area contributed by atoms with Crippen LogP contribution in [0.4, 0.5) is 4.39 Å². The maximum absolute atomic E-state index is 13.1. The first-order valence-corrected chi connectivity index (χ1v) is 9.00. The number of hydrogen-bond acceptors (Lipinski definition) is 0. The van der Waals surface area contributed by atoms with Gasteiger partial charge in [-0.25, -0.2) is 4.39 Å². The molecule has 0 amide bonds. The zero-order valence-electron chi connectivity index (χ0n) is 14.9. The first-order chi connectivity index (χ1) is 12.7. The van der Waals surface area contributed by atoms with Gasteiger partial charge in [0.05, 0.1) is 0 Å². The molecule has 0 aromatic heterocycles. The largest absolute Gasteiger partial charge is 0.207 e. The van der Waals surface area contributed by atoms with Crippen molar-refractivity contribution in [3.63, 3.8) is 0 Å². The molecule has 0 saturated carbocycles. The van der Waals surface area contributed by atoms with E-state index in [-0.39, 0.29) is 5.82 Å². The van der Waals surface area contributed by atoms with E-state index in [1.165, 1.54) is 45.2 Å². The highest BCUT2D eigenvalue weighted by molar-refractivity contribution is 5.86. The number of benzene rings is 3. The molecule has 0 nitrogen and oxygen atoms in total. The van der Waals surface area contributed by atoms with Crippen molar-refractivity contribution in [2.75, 3.05) is 0 Å². The Morgan fingerprint density at radius 3 is 2.54 bits per heavy atom. The first-order valence-electron chi connectivity index (χ1n) is 9.00. The fourth-order valence-corrected chi connectivity index (χ4v) is 3.40. The summed E-state index contributed by atoms with van der Waals surface area (Å²) in [4.78, 5) is 0. The second-order valence-electron chi connectivity index (χ2n) is 6.83. The molecule has 0 bridgehead atoms. The normalized spacial score (nSPS) is 14.5. The summed E-state index contributed by atoms with van der Waals surface area (Å²) in [5.41, 5.74) is 6.23. The lowest BCUT2D eigenvalue weighted by Gasteiger charge is -2.05. The second kappa shape index (κ2) is 7.13. The van der Waals surface area contributed by atoms with Gasteiger partial charge >= 0.3 is 0 Å². The molecule has 0 aliphatic heterocycles. The molecule has 1 heteroatoms. The summed E-state index contributed by atoms with van der Waals surface area (Å²) in [6, 6.07) is 21.8. The van der Waals surface area contributed by atoms with Crippen molar-refractivity contribution in [2.45, 2.75) is 19.8 Å². The average molecular weight is 340 g/mol. The van der Waals surface area contributed by atoms with Crippen molar-refractivity contribution in [3.05, 3.63) is 107 Å². The van der Waals surface area contributed by atoms with Crippen LogP contribution in [0.15, 0.2) is 90.5 Å². The van der Waals surface area contributed by atoms with Crippen LogP contribution in [0.5, 0.6) is 0 Å². The highest BCUT2D eigenvalue weighted by Crippen LogP contribution is 2.29. The number of hydrogen-bond donors (Lipinski definition) is 0. The smallest absolute Gasteiger partial charge is 0.123 e. The van der Waals surface area contributed by atoms with Gasteiger partial charge in [0.2, 0.25) is 0 Å². The van der Waals surface area contributed by atoms with E-state index in [1.54, 1.807) is 0 Å². The Morgan fingerprint density at radius 2 is 1.73 bits per heavy atom. The molecule has 1 aliphatic carbocycles. The van der Waals surface area contributed by atoms with Crippen LogP contribution in [0.1, 0.15) is 30.9 Å². The molecule has 3 aromatic rings. The van der Waals surface area contributed by atoms with Crippen molar-refractivity contribution in [2.24, 2.45) is 0 Å². The number of fused-ring (bicyclic) bond motifs is 1. The van der Waals surface area contributed by atoms with Gasteiger partial charge in [0, 0.05) is 0 Å². The molecule has 0 unspecified atom stereocenters. The third kappa shape index (κ3) is 3.52. The topological polar surface area (TPSA) is 0 Å². The van der Waals surface area contributed by atoms with E-state index < -0.39 is 0 Å². The summed E-state index contributed by atoms with van der Waals surface area (Å²) in [5.74, 6) is -0.189. The summed E-state index contributed by atoms with van der Waals surface area (Å²) >= 11 is 0. The lowest BCUT2D eigenvalue weighted by Crippen LogP contribution is -1.83. The fourth-order valence-electron chi connectivity index (χ4n) is 3.40. The van der Waals surface area contributed by atoms with E-state index in [4.69, 9.17) is 0 Å². The van der Waals surface area contributed by atoms with Gasteiger partial charge < -0.3 is 0 Å². The minimum atomic E-state index is -0.189. The molecular weight excluding hydrogens is 319 g/mol. The number of halogens is 1. The standard InChI is InChI=1S/C25H21F/c1-18(22-11-10-20-4-2-3-5-23(20)17-22)6-7-19-8-9-24(16-19)21-12-14-25(26)15-13-21/h2-6,9-17H,7-8H2,1H3/b18-6-. The Morgan fingerprint density at radius 1 is 0.962 bits per heavy atom. The predicted molar refractivity (Wildman–Crippen MR) is 109 cm³/mol. The van der Waals surface area contributed by atoms with E-state index >= 15 is 0 Å². The van der Waals surface area contributed by atoms with Gasteiger partial charge in [-0.3, -0.25) is 0 Å². The van der Waals surface area contributed by atoms with E-state index in [0.717, 1.165) is 18.4 Å². The van der Waals surface area contributed by atoms with Crippen molar-refractivity contribution >= 4 is 21.9 Å². The minimum absolute atomic E-state index is 0.189. The lowest BCUT2D eigenvalue weighted by molar-refractivity contribution is 0.627. The Labute approximate surface area is 154 Å². The van der Waals surface area contributed by atoms with Crippen molar-refractivity contribution in [3.8, 4) is 0 Å². The highest BCUT2D eigenvalue weighted by atomic mass is 19.1. The summed E-state index contributed by atoms with van der Waals surface area (Å²) in [5, 5.41) is 2.55. The summed E-state index contributed by atoms with van der Waals surface area (Å²) in [6.45, 7) is 2.17. The van der Waals surface area contributed by atoms with Crippen LogP contribution in [0.3, 0.4) is 0 Å². The molecule has 0 fully saturated rings.